The Balaban J connectivity index is 1.66. The van der Waals surface area contributed by atoms with Crippen LogP contribution in [0.25, 0.3) is 0 Å². The maximum atomic E-state index is 12.7. The van der Waals surface area contributed by atoms with Crippen molar-refractivity contribution >= 4 is 55.8 Å². The standard InChI is InChI=1S/C16H11ClF3N3O3S2/c17-10-4-5-12-13(7-10)28(25,26)23-15(22-12)27-8-14(24)21-11-3-1-2-9(6-11)16(18,19)20/h1-7H,8H2,(H,21,24)(H,22,23). The number of amidine groups is 1. The SMILES string of the molecule is O=C(CSC1=NS(=O)(=O)c2cc(Cl)ccc2N1)Nc1cccc(C(F)(F)F)c1. The molecule has 2 aromatic carbocycles. The Hall–Kier alpha value is -2.24. The third-order valence-corrected chi connectivity index (χ3v) is 6.02. The van der Waals surface area contributed by atoms with Crippen LogP contribution in [0, 0.1) is 0 Å². The molecule has 0 bridgehead atoms. The van der Waals surface area contributed by atoms with Gasteiger partial charge in [0.25, 0.3) is 10.0 Å². The van der Waals surface area contributed by atoms with Gasteiger partial charge >= 0.3 is 6.18 Å². The van der Waals surface area contributed by atoms with Crippen molar-refractivity contribution in [3.8, 4) is 0 Å². The summed E-state index contributed by atoms with van der Waals surface area (Å²) in [6.07, 6.45) is -4.53. The second-order valence-corrected chi connectivity index (χ2v) is 8.53. The highest BCUT2D eigenvalue weighted by molar-refractivity contribution is 8.15. The second-order valence-electron chi connectivity index (χ2n) is 5.55. The number of halogens is 4. The molecule has 0 aromatic heterocycles. The number of carbonyl (C=O) groups excluding carboxylic acids is 1. The van der Waals surface area contributed by atoms with Crippen LogP contribution in [0.4, 0.5) is 24.5 Å². The predicted molar refractivity (Wildman–Crippen MR) is 102 cm³/mol. The average molecular weight is 450 g/mol. The minimum Gasteiger partial charge on any atom is -0.333 e. The molecule has 12 heteroatoms. The van der Waals surface area contributed by atoms with Gasteiger partial charge in [-0.05, 0) is 36.4 Å². The first-order valence-corrected chi connectivity index (χ1v) is 10.4. The molecule has 0 saturated heterocycles. The Morgan fingerprint density at radius 3 is 2.68 bits per heavy atom. The van der Waals surface area contributed by atoms with E-state index in [1.165, 1.54) is 30.3 Å². The van der Waals surface area contributed by atoms with E-state index in [0.29, 0.717) is 0 Å². The molecule has 0 radical (unpaired) electrons. The molecule has 0 fully saturated rings. The lowest BCUT2D eigenvalue weighted by atomic mass is 10.2. The fraction of sp³-hybridized carbons (Fsp3) is 0.125. The highest BCUT2D eigenvalue weighted by Gasteiger charge is 2.30. The van der Waals surface area contributed by atoms with Gasteiger partial charge < -0.3 is 10.6 Å². The quantitative estimate of drug-likeness (QED) is 0.733. The van der Waals surface area contributed by atoms with Crippen LogP contribution in [0.1, 0.15) is 5.56 Å². The zero-order valence-electron chi connectivity index (χ0n) is 13.7. The van der Waals surface area contributed by atoms with E-state index >= 15 is 0 Å². The van der Waals surface area contributed by atoms with Gasteiger partial charge in [0.2, 0.25) is 5.91 Å². The van der Waals surface area contributed by atoms with E-state index in [1.807, 2.05) is 0 Å². The van der Waals surface area contributed by atoms with Crippen LogP contribution in [0.3, 0.4) is 0 Å². The lowest BCUT2D eigenvalue weighted by Crippen LogP contribution is -2.22. The highest BCUT2D eigenvalue weighted by Crippen LogP contribution is 2.32. The van der Waals surface area contributed by atoms with Gasteiger partial charge in [0.05, 0.1) is 17.0 Å². The van der Waals surface area contributed by atoms with Crippen molar-refractivity contribution < 1.29 is 26.4 Å². The number of amides is 1. The van der Waals surface area contributed by atoms with Crippen LogP contribution in [0.2, 0.25) is 5.02 Å². The number of rotatable bonds is 3. The minimum absolute atomic E-state index is 0.0217. The Bertz CT molecular complexity index is 1070. The van der Waals surface area contributed by atoms with Crippen LogP contribution in [-0.2, 0) is 21.0 Å². The Morgan fingerprint density at radius 1 is 1.21 bits per heavy atom. The zero-order valence-corrected chi connectivity index (χ0v) is 16.1. The third-order valence-electron chi connectivity index (χ3n) is 3.48. The smallest absolute Gasteiger partial charge is 0.333 e. The molecular formula is C16H11ClF3N3O3S2. The average Bonchev–Trinajstić information content (AvgIpc) is 2.60. The van der Waals surface area contributed by atoms with Gasteiger partial charge in [-0.3, -0.25) is 4.79 Å². The molecule has 28 heavy (non-hydrogen) atoms. The molecule has 1 amide bonds. The first kappa shape index (κ1) is 20.5. The minimum atomic E-state index is -4.53. The number of nitrogens with zero attached hydrogens (tertiary/aromatic N) is 1. The van der Waals surface area contributed by atoms with Crippen LogP contribution < -0.4 is 10.6 Å². The van der Waals surface area contributed by atoms with Crippen LogP contribution >= 0.6 is 23.4 Å². The maximum Gasteiger partial charge on any atom is 0.416 e. The summed E-state index contributed by atoms with van der Waals surface area (Å²) in [4.78, 5) is 11.9. The van der Waals surface area contributed by atoms with Crippen molar-refractivity contribution in [3.05, 3.63) is 53.1 Å². The Labute approximate surface area is 167 Å². The molecular weight excluding hydrogens is 439 g/mol. The normalized spacial score (nSPS) is 15.2. The third kappa shape index (κ3) is 4.78. The number of anilines is 2. The number of hydrogen-bond acceptors (Lipinski definition) is 5. The number of hydrogen-bond donors (Lipinski definition) is 2. The van der Waals surface area contributed by atoms with Gasteiger partial charge in [-0.15, -0.1) is 4.40 Å². The van der Waals surface area contributed by atoms with E-state index in [2.05, 4.69) is 15.0 Å². The molecule has 6 nitrogen and oxygen atoms in total. The van der Waals surface area contributed by atoms with E-state index in [4.69, 9.17) is 11.6 Å². The fourth-order valence-corrected chi connectivity index (χ4v) is 4.58. The molecule has 0 saturated carbocycles. The Kier molecular flexibility index (Phi) is 5.60. The molecule has 1 heterocycles. The van der Waals surface area contributed by atoms with Crippen LogP contribution in [0.5, 0.6) is 0 Å². The van der Waals surface area contributed by atoms with Crippen molar-refractivity contribution in [2.45, 2.75) is 11.1 Å². The van der Waals surface area contributed by atoms with Gasteiger partial charge in [0.1, 0.15) is 4.90 Å². The summed E-state index contributed by atoms with van der Waals surface area (Å²) in [6.45, 7) is 0. The molecule has 0 atom stereocenters. The topological polar surface area (TPSA) is 87.6 Å². The first-order chi connectivity index (χ1) is 13.0. The highest BCUT2D eigenvalue weighted by atomic mass is 35.5. The molecule has 0 spiro atoms. The van der Waals surface area contributed by atoms with Gasteiger partial charge in [-0.25, -0.2) is 0 Å². The molecule has 2 N–H and O–H groups in total. The van der Waals surface area contributed by atoms with Gasteiger partial charge in [-0.1, -0.05) is 29.4 Å². The molecule has 1 aliphatic rings. The molecule has 0 aliphatic carbocycles. The molecule has 2 aromatic rings. The summed E-state index contributed by atoms with van der Waals surface area (Å²) in [6, 6.07) is 8.41. The largest absolute Gasteiger partial charge is 0.416 e. The summed E-state index contributed by atoms with van der Waals surface area (Å²) >= 11 is 6.59. The zero-order chi connectivity index (χ0) is 20.5. The lowest BCUT2D eigenvalue weighted by Gasteiger charge is -2.17. The summed E-state index contributed by atoms with van der Waals surface area (Å²) in [7, 11) is -3.98. The number of benzene rings is 2. The number of fused-ring (bicyclic) bond motifs is 1. The number of thioether (sulfide) groups is 1. The van der Waals surface area contributed by atoms with E-state index < -0.39 is 27.7 Å². The summed E-state index contributed by atoms with van der Waals surface area (Å²) in [5, 5.41) is 5.31. The van der Waals surface area contributed by atoms with Crippen molar-refractivity contribution in [1.29, 1.82) is 0 Å². The second kappa shape index (κ2) is 7.64. The van der Waals surface area contributed by atoms with E-state index in [9.17, 15) is 26.4 Å². The molecule has 1 aliphatic heterocycles. The van der Waals surface area contributed by atoms with Gasteiger partial charge in [-0.2, -0.15) is 21.6 Å². The fourth-order valence-electron chi connectivity index (χ4n) is 2.28. The number of alkyl halides is 3. The van der Waals surface area contributed by atoms with Crippen LogP contribution in [0.15, 0.2) is 51.8 Å². The van der Waals surface area contributed by atoms with E-state index in [0.717, 1.165) is 23.9 Å². The summed E-state index contributed by atoms with van der Waals surface area (Å²) in [5.74, 6) is -0.881. The van der Waals surface area contributed by atoms with Gasteiger partial charge in [0, 0.05) is 10.7 Å². The van der Waals surface area contributed by atoms with E-state index in [1.54, 1.807) is 0 Å². The first-order valence-electron chi connectivity index (χ1n) is 7.56. The van der Waals surface area contributed by atoms with Crippen LogP contribution in [-0.4, -0.2) is 25.2 Å². The maximum absolute atomic E-state index is 12.7. The van der Waals surface area contributed by atoms with Gasteiger partial charge in [0.15, 0.2) is 5.17 Å². The molecule has 148 valence electrons. The van der Waals surface area contributed by atoms with Crippen molar-refractivity contribution in [2.75, 3.05) is 16.4 Å². The predicted octanol–water partition coefficient (Wildman–Crippen LogP) is 4.20. The molecule has 0 unspecified atom stereocenters. The van der Waals surface area contributed by atoms with Crippen molar-refractivity contribution in [2.24, 2.45) is 4.40 Å². The van der Waals surface area contributed by atoms with Crippen molar-refractivity contribution in [1.82, 2.24) is 0 Å². The van der Waals surface area contributed by atoms with E-state index in [-0.39, 0.29) is 32.2 Å². The summed E-state index contributed by atoms with van der Waals surface area (Å²) < 4.78 is 66.1. The summed E-state index contributed by atoms with van der Waals surface area (Å²) in [5.41, 5.74) is -0.649. The lowest BCUT2D eigenvalue weighted by molar-refractivity contribution is -0.137. The monoisotopic (exact) mass is 449 g/mol. The number of sulfonamides is 1. The number of carbonyl (C=O) groups is 1. The Morgan fingerprint density at radius 2 is 1.96 bits per heavy atom. The van der Waals surface area contributed by atoms with Crippen molar-refractivity contribution in [3.63, 3.8) is 0 Å². The number of nitrogens with one attached hydrogen (secondary N) is 2. The molecule has 3 rings (SSSR count).